The van der Waals surface area contributed by atoms with E-state index in [9.17, 15) is 9.59 Å². The largest absolute Gasteiger partial charge is 0.465 e. The van der Waals surface area contributed by atoms with Gasteiger partial charge in [0, 0.05) is 28.9 Å². The number of nitrogens with one attached hydrogen (secondary N) is 1. The fourth-order valence-electron chi connectivity index (χ4n) is 3.17. The molecule has 3 heterocycles. The van der Waals surface area contributed by atoms with Crippen molar-refractivity contribution in [1.82, 2.24) is 10.1 Å². The monoisotopic (exact) mass is 383 g/mol. The molecule has 0 aromatic carbocycles. The number of nitrogens with zero attached hydrogens (tertiary/aromatic N) is 2. The highest BCUT2D eigenvalue weighted by Gasteiger charge is 2.27. The number of anilines is 1. The van der Waals surface area contributed by atoms with Gasteiger partial charge in [-0.2, -0.15) is 0 Å². The molecular weight excluding hydrogens is 366 g/mol. The second-order valence-electron chi connectivity index (χ2n) is 6.18. The van der Waals surface area contributed by atoms with Crippen molar-refractivity contribution < 1.29 is 18.8 Å². The topological polar surface area (TPSA) is 94.3 Å². The molecule has 0 saturated carbocycles. The highest BCUT2D eigenvalue weighted by molar-refractivity contribution is 7.17. The third-order valence-corrected chi connectivity index (χ3v) is 5.68. The fraction of sp³-hybridized carbons (Fsp3) is 0.263. The lowest BCUT2D eigenvalue weighted by atomic mass is 9.95. The summed E-state index contributed by atoms with van der Waals surface area (Å²) in [5.74, 6) is -0.412. The SMILES string of the molecule is COC(=O)c1c(NC(=O)c2cc(-c3cccnc3)on2)sc2c1CCCC2. The predicted molar refractivity (Wildman–Crippen MR) is 100.0 cm³/mol. The highest BCUT2D eigenvalue weighted by Crippen LogP contribution is 2.38. The summed E-state index contributed by atoms with van der Waals surface area (Å²) in [5, 5.41) is 7.15. The molecule has 0 bridgehead atoms. The molecule has 0 unspecified atom stereocenters. The summed E-state index contributed by atoms with van der Waals surface area (Å²) >= 11 is 1.43. The molecule has 0 spiro atoms. The molecule has 1 N–H and O–H groups in total. The number of ether oxygens (including phenoxy) is 1. The van der Waals surface area contributed by atoms with Crippen LogP contribution >= 0.6 is 11.3 Å². The molecule has 0 aliphatic heterocycles. The molecule has 1 aliphatic carbocycles. The van der Waals surface area contributed by atoms with Gasteiger partial charge in [-0.05, 0) is 43.4 Å². The van der Waals surface area contributed by atoms with Crippen LogP contribution in [0.25, 0.3) is 11.3 Å². The lowest BCUT2D eigenvalue weighted by molar-refractivity contribution is 0.0601. The summed E-state index contributed by atoms with van der Waals surface area (Å²) in [6, 6.07) is 5.14. The van der Waals surface area contributed by atoms with Crippen LogP contribution in [0.15, 0.2) is 35.1 Å². The molecule has 3 aromatic heterocycles. The average molecular weight is 383 g/mol. The van der Waals surface area contributed by atoms with Gasteiger partial charge >= 0.3 is 5.97 Å². The van der Waals surface area contributed by atoms with E-state index >= 15 is 0 Å². The maximum absolute atomic E-state index is 12.6. The summed E-state index contributed by atoms with van der Waals surface area (Å²) in [7, 11) is 1.35. The number of carbonyl (C=O) groups is 2. The standard InChI is InChI=1S/C19H17N3O4S/c1-25-19(24)16-12-6-2-3-7-15(12)27-18(16)21-17(23)13-9-14(26-22-13)11-5-4-8-20-10-11/h4-5,8-10H,2-3,6-7H2,1H3,(H,21,23). The van der Waals surface area contributed by atoms with Gasteiger partial charge < -0.3 is 14.6 Å². The molecular formula is C19H17N3O4S. The number of esters is 1. The number of methoxy groups -OCH3 is 1. The van der Waals surface area contributed by atoms with Crippen molar-refractivity contribution in [3.63, 3.8) is 0 Å². The Labute approximate surface area is 159 Å². The molecule has 3 aromatic rings. The van der Waals surface area contributed by atoms with Gasteiger partial charge in [0.2, 0.25) is 0 Å². The van der Waals surface area contributed by atoms with Crippen molar-refractivity contribution in [2.45, 2.75) is 25.7 Å². The summed E-state index contributed by atoms with van der Waals surface area (Å²) in [6.07, 6.45) is 7.12. The van der Waals surface area contributed by atoms with Crippen LogP contribution in [-0.2, 0) is 17.6 Å². The molecule has 4 rings (SSSR count). The Balaban J connectivity index is 1.61. The number of amides is 1. The first-order valence-electron chi connectivity index (χ1n) is 8.58. The smallest absolute Gasteiger partial charge is 0.341 e. The van der Waals surface area contributed by atoms with Crippen molar-refractivity contribution >= 4 is 28.2 Å². The van der Waals surface area contributed by atoms with Gasteiger partial charge in [0.1, 0.15) is 5.00 Å². The van der Waals surface area contributed by atoms with Crippen LogP contribution in [0.1, 0.15) is 44.1 Å². The van der Waals surface area contributed by atoms with E-state index in [1.807, 2.05) is 6.07 Å². The van der Waals surface area contributed by atoms with E-state index in [1.54, 1.807) is 24.5 Å². The van der Waals surface area contributed by atoms with Crippen LogP contribution in [0.2, 0.25) is 0 Å². The van der Waals surface area contributed by atoms with Gasteiger partial charge in [0.25, 0.3) is 5.91 Å². The minimum Gasteiger partial charge on any atom is -0.465 e. The van der Waals surface area contributed by atoms with Gasteiger partial charge in [-0.15, -0.1) is 11.3 Å². The molecule has 27 heavy (non-hydrogen) atoms. The van der Waals surface area contributed by atoms with Gasteiger partial charge in [-0.3, -0.25) is 9.78 Å². The second-order valence-corrected chi connectivity index (χ2v) is 7.28. The third kappa shape index (κ3) is 3.35. The number of aryl methyl sites for hydroxylation is 1. The van der Waals surface area contributed by atoms with Crippen LogP contribution in [0.3, 0.4) is 0 Å². The Bertz CT molecular complexity index is 994. The van der Waals surface area contributed by atoms with Crippen LogP contribution in [-0.4, -0.2) is 29.1 Å². The number of thiophene rings is 1. The summed E-state index contributed by atoms with van der Waals surface area (Å²) in [4.78, 5) is 30.1. The number of hydrogen-bond donors (Lipinski definition) is 1. The molecule has 1 amide bonds. The second kappa shape index (κ2) is 7.32. The Kier molecular flexibility index (Phi) is 4.72. The molecule has 1 aliphatic rings. The average Bonchev–Trinajstić information content (AvgIpc) is 3.33. The number of carbonyl (C=O) groups excluding carboxylic acids is 2. The zero-order valence-corrected chi connectivity index (χ0v) is 15.5. The van der Waals surface area contributed by atoms with Crippen molar-refractivity contribution in [3.05, 3.63) is 52.3 Å². The maximum atomic E-state index is 12.6. The molecule has 0 atom stereocenters. The molecule has 138 valence electrons. The van der Waals surface area contributed by atoms with E-state index in [-0.39, 0.29) is 5.69 Å². The van der Waals surface area contributed by atoms with E-state index in [2.05, 4.69) is 15.5 Å². The van der Waals surface area contributed by atoms with Gasteiger partial charge in [-0.1, -0.05) is 5.16 Å². The zero-order chi connectivity index (χ0) is 18.8. The van der Waals surface area contributed by atoms with Gasteiger partial charge in [0.15, 0.2) is 11.5 Å². The summed E-state index contributed by atoms with van der Waals surface area (Å²) in [6.45, 7) is 0. The Morgan fingerprint density at radius 1 is 1.30 bits per heavy atom. The lowest BCUT2D eigenvalue weighted by Crippen LogP contribution is -2.15. The number of pyridine rings is 1. The van der Waals surface area contributed by atoms with Crippen molar-refractivity contribution in [3.8, 4) is 11.3 Å². The van der Waals surface area contributed by atoms with E-state index in [0.717, 1.165) is 41.7 Å². The van der Waals surface area contributed by atoms with Crippen molar-refractivity contribution in [2.75, 3.05) is 12.4 Å². The number of aromatic nitrogens is 2. The van der Waals surface area contributed by atoms with Crippen LogP contribution in [0.4, 0.5) is 5.00 Å². The molecule has 0 saturated heterocycles. The Hall–Kier alpha value is -3.00. The van der Waals surface area contributed by atoms with Crippen LogP contribution in [0, 0.1) is 0 Å². The normalized spacial score (nSPS) is 13.1. The zero-order valence-electron chi connectivity index (χ0n) is 14.7. The van der Waals surface area contributed by atoms with E-state index in [0.29, 0.717) is 16.3 Å². The molecule has 7 nitrogen and oxygen atoms in total. The van der Waals surface area contributed by atoms with Crippen LogP contribution < -0.4 is 5.32 Å². The van der Waals surface area contributed by atoms with Crippen molar-refractivity contribution in [2.24, 2.45) is 0 Å². The fourth-order valence-corrected chi connectivity index (χ4v) is 4.44. The summed E-state index contributed by atoms with van der Waals surface area (Å²) < 4.78 is 10.2. The number of rotatable bonds is 4. The highest BCUT2D eigenvalue weighted by atomic mass is 32.1. The molecule has 8 heteroatoms. The van der Waals surface area contributed by atoms with E-state index < -0.39 is 11.9 Å². The summed E-state index contributed by atoms with van der Waals surface area (Å²) in [5.41, 5.74) is 2.31. The first-order chi connectivity index (χ1) is 13.2. The quantitative estimate of drug-likeness (QED) is 0.690. The first kappa shape index (κ1) is 17.4. The minimum atomic E-state index is -0.433. The van der Waals surface area contributed by atoms with Crippen molar-refractivity contribution in [1.29, 1.82) is 0 Å². The minimum absolute atomic E-state index is 0.135. The van der Waals surface area contributed by atoms with Gasteiger partial charge in [0.05, 0.1) is 12.7 Å². The third-order valence-electron chi connectivity index (χ3n) is 4.48. The predicted octanol–water partition coefficient (Wildman–Crippen LogP) is 3.72. The molecule has 0 fully saturated rings. The van der Waals surface area contributed by atoms with Gasteiger partial charge in [-0.25, -0.2) is 4.79 Å². The van der Waals surface area contributed by atoms with E-state index in [1.165, 1.54) is 18.4 Å². The Morgan fingerprint density at radius 3 is 2.93 bits per heavy atom. The number of hydrogen-bond acceptors (Lipinski definition) is 7. The van der Waals surface area contributed by atoms with E-state index in [4.69, 9.17) is 9.26 Å². The number of fused-ring (bicyclic) bond motifs is 1. The maximum Gasteiger partial charge on any atom is 0.341 e. The first-order valence-corrected chi connectivity index (χ1v) is 9.40. The Morgan fingerprint density at radius 2 is 2.15 bits per heavy atom. The lowest BCUT2D eigenvalue weighted by Gasteiger charge is -2.11. The molecule has 0 radical (unpaired) electrons. The van der Waals surface area contributed by atoms with Crippen LogP contribution in [0.5, 0.6) is 0 Å².